The van der Waals surface area contributed by atoms with Crippen molar-refractivity contribution in [3.05, 3.63) is 87.4 Å². The van der Waals surface area contributed by atoms with Gasteiger partial charge in [0.1, 0.15) is 0 Å². The zero-order valence-corrected chi connectivity index (χ0v) is 17.9. The fraction of sp³-hybridized carbons (Fsp3) is 0.250. The van der Waals surface area contributed by atoms with E-state index in [1.54, 1.807) is 24.5 Å². The van der Waals surface area contributed by atoms with Crippen LogP contribution in [0.15, 0.2) is 70.7 Å². The quantitative estimate of drug-likeness (QED) is 0.708. The molecule has 0 saturated carbocycles. The average Bonchev–Trinajstić information content (AvgIpc) is 2.82. The monoisotopic (exact) mass is 431 g/mol. The second kappa shape index (κ2) is 9.19. The van der Waals surface area contributed by atoms with E-state index in [9.17, 15) is 14.9 Å². The van der Waals surface area contributed by atoms with Crippen molar-refractivity contribution in [2.75, 3.05) is 7.11 Å². The van der Waals surface area contributed by atoms with Gasteiger partial charge in [0, 0.05) is 35.8 Å². The number of esters is 1. The van der Waals surface area contributed by atoms with Gasteiger partial charge in [0.2, 0.25) is 0 Å². The number of benzene rings is 1. The number of nitrogens with zero attached hydrogens (tertiary/aromatic N) is 2. The Kier molecular flexibility index (Phi) is 6.19. The highest BCUT2D eigenvalue weighted by molar-refractivity contribution is 8.02. The smallest absolute Gasteiger partial charge is 0.337 e. The number of ketones is 1. The van der Waals surface area contributed by atoms with E-state index in [-0.39, 0.29) is 11.8 Å². The Hall–Kier alpha value is -3.37. The van der Waals surface area contributed by atoms with Gasteiger partial charge in [-0.25, -0.2) is 4.79 Å². The molecule has 31 heavy (non-hydrogen) atoms. The number of rotatable bonds is 5. The Balaban J connectivity index is 1.64. The first kappa shape index (κ1) is 20.9. The van der Waals surface area contributed by atoms with E-state index in [1.807, 2.05) is 24.3 Å². The standard InChI is InChI=1S/C24H21N3O3S/c1-30-24(29)16-9-7-15(8-10-16)14-31-23-18(12-25)21(17-4-3-11-26-13-17)22-19(27-23)5-2-6-20(22)28/h3-4,7-11,13,21,27H,2,5-6,14H2,1H3. The molecule has 6 nitrogen and oxygen atoms in total. The molecule has 1 aliphatic carbocycles. The largest absolute Gasteiger partial charge is 0.465 e. The molecule has 1 N–H and O–H groups in total. The van der Waals surface area contributed by atoms with Gasteiger partial charge in [0.25, 0.3) is 0 Å². The van der Waals surface area contributed by atoms with Crippen LogP contribution in [-0.4, -0.2) is 23.8 Å². The molecule has 0 fully saturated rings. The van der Waals surface area contributed by atoms with Gasteiger partial charge in [0.05, 0.1) is 35.3 Å². The summed E-state index contributed by atoms with van der Waals surface area (Å²) >= 11 is 1.52. The molecule has 2 aliphatic rings. The lowest BCUT2D eigenvalue weighted by Crippen LogP contribution is -2.31. The van der Waals surface area contributed by atoms with Crippen LogP contribution in [0.3, 0.4) is 0 Å². The fourth-order valence-corrected chi connectivity index (χ4v) is 4.95. The lowest BCUT2D eigenvalue weighted by molar-refractivity contribution is -0.116. The normalized spacial score (nSPS) is 18.2. The van der Waals surface area contributed by atoms with E-state index < -0.39 is 5.92 Å². The first-order valence-electron chi connectivity index (χ1n) is 10.00. The van der Waals surface area contributed by atoms with Gasteiger partial charge in [-0.3, -0.25) is 9.78 Å². The first-order chi connectivity index (χ1) is 15.1. The molecule has 2 heterocycles. The highest BCUT2D eigenvalue weighted by Gasteiger charge is 2.37. The number of Topliss-reactive ketones (excluding diaryl/α,β-unsaturated/α-hetero) is 1. The molecule has 1 unspecified atom stereocenters. The van der Waals surface area contributed by atoms with Crippen molar-refractivity contribution in [3.63, 3.8) is 0 Å². The Morgan fingerprint density at radius 2 is 2.10 bits per heavy atom. The van der Waals surface area contributed by atoms with E-state index in [0.29, 0.717) is 28.9 Å². The number of carbonyl (C=O) groups excluding carboxylic acids is 2. The van der Waals surface area contributed by atoms with Crippen LogP contribution in [0.5, 0.6) is 0 Å². The Labute approximate surface area is 185 Å². The molecule has 1 aromatic heterocycles. The van der Waals surface area contributed by atoms with E-state index in [4.69, 9.17) is 4.74 Å². The maximum absolute atomic E-state index is 12.8. The number of pyridine rings is 1. The van der Waals surface area contributed by atoms with Crippen molar-refractivity contribution in [2.45, 2.75) is 30.9 Å². The van der Waals surface area contributed by atoms with E-state index >= 15 is 0 Å². The summed E-state index contributed by atoms with van der Waals surface area (Å²) in [6, 6.07) is 13.3. The third kappa shape index (κ3) is 4.25. The van der Waals surface area contributed by atoms with E-state index in [0.717, 1.165) is 34.7 Å². The van der Waals surface area contributed by atoms with Crippen LogP contribution in [0.1, 0.15) is 46.7 Å². The van der Waals surface area contributed by atoms with Crippen LogP contribution in [-0.2, 0) is 15.3 Å². The molecule has 0 saturated heterocycles. The van der Waals surface area contributed by atoms with Gasteiger partial charge in [-0.2, -0.15) is 5.26 Å². The molecule has 2 aromatic rings. The SMILES string of the molecule is COC(=O)c1ccc(CSC2=C(C#N)C(c3cccnc3)C3=C(CCCC3=O)N2)cc1. The summed E-state index contributed by atoms with van der Waals surface area (Å²) in [6.07, 6.45) is 5.51. The highest BCUT2D eigenvalue weighted by atomic mass is 32.2. The summed E-state index contributed by atoms with van der Waals surface area (Å²) in [5, 5.41) is 14.2. The van der Waals surface area contributed by atoms with Gasteiger partial charge < -0.3 is 10.1 Å². The number of ether oxygens (including phenoxy) is 1. The van der Waals surface area contributed by atoms with Crippen molar-refractivity contribution >= 4 is 23.5 Å². The minimum absolute atomic E-state index is 0.0952. The third-order valence-corrected chi connectivity index (χ3v) is 6.53. The van der Waals surface area contributed by atoms with Gasteiger partial charge in [-0.1, -0.05) is 18.2 Å². The van der Waals surface area contributed by atoms with Crippen LogP contribution in [0, 0.1) is 11.3 Å². The Morgan fingerprint density at radius 1 is 1.29 bits per heavy atom. The lowest BCUT2D eigenvalue weighted by atomic mass is 9.77. The second-order valence-corrected chi connectivity index (χ2v) is 8.33. The molecule has 0 bridgehead atoms. The highest BCUT2D eigenvalue weighted by Crippen LogP contribution is 2.44. The number of dihydropyridines is 1. The third-order valence-electron chi connectivity index (χ3n) is 5.44. The predicted molar refractivity (Wildman–Crippen MR) is 118 cm³/mol. The summed E-state index contributed by atoms with van der Waals surface area (Å²) in [5.74, 6) is -0.0567. The number of nitrogens with one attached hydrogen (secondary N) is 1. The predicted octanol–water partition coefficient (Wildman–Crippen LogP) is 4.23. The number of thioether (sulfide) groups is 1. The zero-order chi connectivity index (χ0) is 21.8. The van der Waals surface area contributed by atoms with Crippen LogP contribution < -0.4 is 5.32 Å². The summed E-state index contributed by atoms with van der Waals surface area (Å²) in [5.41, 5.74) is 4.51. The van der Waals surface area contributed by atoms with Gasteiger partial charge in [0.15, 0.2) is 5.78 Å². The van der Waals surface area contributed by atoms with Crippen molar-refractivity contribution < 1.29 is 14.3 Å². The van der Waals surface area contributed by atoms with Gasteiger partial charge >= 0.3 is 5.97 Å². The fourth-order valence-electron chi connectivity index (χ4n) is 3.93. The number of hydrogen-bond donors (Lipinski definition) is 1. The number of aromatic nitrogens is 1. The topological polar surface area (TPSA) is 92.1 Å². The molecule has 7 heteroatoms. The number of hydrogen-bond acceptors (Lipinski definition) is 7. The molecule has 156 valence electrons. The summed E-state index contributed by atoms with van der Waals surface area (Å²) in [4.78, 5) is 28.6. The minimum Gasteiger partial charge on any atom is -0.465 e. The van der Waals surface area contributed by atoms with Gasteiger partial charge in [-0.05, 0) is 42.2 Å². The number of allylic oxidation sites excluding steroid dienone is 3. The maximum atomic E-state index is 12.8. The molecule has 0 radical (unpaired) electrons. The molecule has 1 aliphatic heterocycles. The minimum atomic E-state index is -0.396. The number of methoxy groups -OCH3 is 1. The van der Waals surface area contributed by atoms with E-state index in [2.05, 4.69) is 16.4 Å². The maximum Gasteiger partial charge on any atom is 0.337 e. The summed E-state index contributed by atoms with van der Waals surface area (Å²) in [6.45, 7) is 0. The molecular formula is C24H21N3O3S. The van der Waals surface area contributed by atoms with Gasteiger partial charge in [-0.15, -0.1) is 11.8 Å². The molecular weight excluding hydrogens is 410 g/mol. The number of nitriles is 1. The van der Waals surface area contributed by atoms with Crippen LogP contribution in [0.4, 0.5) is 0 Å². The van der Waals surface area contributed by atoms with E-state index in [1.165, 1.54) is 18.9 Å². The molecule has 0 amide bonds. The zero-order valence-electron chi connectivity index (χ0n) is 17.1. The molecule has 1 aromatic carbocycles. The van der Waals surface area contributed by atoms with Crippen LogP contribution >= 0.6 is 11.8 Å². The Bertz CT molecular complexity index is 1120. The first-order valence-corrected chi connectivity index (χ1v) is 11.0. The second-order valence-electron chi connectivity index (χ2n) is 7.35. The van der Waals surface area contributed by atoms with Crippen molar-refractivity contribution in [2.24, 2.45) is 0 Å². The molecule has 1 atom stereocenters. The number of carbonyl (C=O) groups is 2. The van der Waals surface area contributed by atoms with Crippen molar-refractivity contribution in [1.29, 1.82) is 5.26 Å². The van der Waals surface area contributed by atoms with Crippen LogP contribution in [0.25, 0.3) is 0 Å². The summed E-state index contributed by atoms with van der Waals surface area (Å²) in [7, 11) is 1.36. The molecule has 4 rings (SSSR count). The molecule has 0 spiro atoms. The lowest BCUT2D eigenvalue weighted by Gasteiger charge is -2.33. The summed E-state index contributed by atoms with van der Waals surface area (Å²) < 4.78 is 4.74. The Morgan fingerprint density at radius 3 is 2.77 bits per heavy atom. The van der Waals surface area contributed by atoms with Crippen molar-refractivity contribution in [1.82, 2.24) is 10.3 Å². The van der Waals surface area contributed by atoms with Crippen LogP contribution in [0.2, 0.25) is 0 Å². The van der Waals surface area contributed by atoms with Crippen molar-refractivity contribution in [3.8, 4) is 6.07 Å². The average molecular weight is 432 g/mol.